The molecule has 1 fully saturated rings. The van der Waals surface area contributed by atoms with Gasteiger partial charge in [-0.2, -0.15) is 0 Å². The van der Waals surface area contributed by atoms with Crippen molar-refractivity contribution in [1.29, 1.82) is 0 Å². The van der Waals surface area contributed by atoms with Crippen molar-refractivity contribution in [2.24, 2.45) is 0 Å². The van der Waals surface area contributed by atoms with E-state index in [1.807, 2.05) is 12.1 Å². The number of phenolic OH excluding ortho intramolecular Hbond substituents is 1. The maximum Gasteiger partial charge on any atom is 0.160 e. The molecular weight excluding hydrogens is 254 g/mol. The molecule has 2 N–H and O–H groups in total. The molecule has 5 nitrogen and oxygen atoms in total. The molecule has 1 aliphatic heterocycles. The van der Waals surface area contributed by atoms with Crippen molar-refractivity contribution in [3.8, 4) is 11.5 Å². The fraction of sp³-hybridized carbons (Fsp3) is 0.600. The van der Waals surface area contributed by atoms with Crippen LogP contribution in [0.5, 0.6) is 11.5 Å². The Morgan fingerprint density at radius 1 is 1.35 bits per heavy atom. The van der Waals surface area contributed by atoms with Gasteiger partial charge in [-0.25, -0.2) is 0 Å². The van der Waals surface area contributed by atoms with E-state index in [0.29, 0.717) is 5.75 Å². The molecule has 1 aromatic rings. The van der Waals surface area contributed by atoms with Crippen molar-refractivity contribution in [1.82, 2.24) is 15.1 Å². The standard InChI is InChI=1S/C15H25N3O2/c1-17(9-10-18-7-5-16-6-8-18)12-13-3-4-14(19)15(11-13)20-2/h3-4,11,16,19H,5-10,12H2,1-2H3. The van der Waals surface area contributed by atoms with Gasteiger partial charge in [0.15, 0.2) is 11.5 Å². The van der Waals surface area contributed by atoms with Crippen LogP contribution in [0.3, 0.4) is 0 Å². The van der Waals surface area contributed by atoms with Crippen LogP contribution >= 0.6 is 0 Å². The zero-order valence-corrected chi connectivity index (χ0v) is 12.4. The Morgan fingerprint density at radius 3 is 2.80 bits per heavy atom. The Hall–Kier alpha value is -1.30. The third-order valence-corrected chi connectivity index (χ3v) is 3.70. The second-order valence-electron chi connectivity index (χ2n) is 5.34. The minimum Gasteiger partial charge on any atom is -0.504 e. The number of ether oxygens (including phenoxy) is 1. The number of rotatable bonds is 6. The summed E-state index contributed by atoms with van der Waals surface area (Å²) in [6.45, 7) is 7.48. The molecule has 1 heterocycles. The quantitative estimate of drug-likeness (QED) is 0.804. The number of benzene rings is 1. The Labute approximate surface area is 121 Å². The van der Waals surface area contributed by atoms with E-state index in [0.717, 1.165) is 51.4 Å². The highest BCUT2D eigenvalue weighted by atomic mass is 16.5. The molecule has 0 aromatic heterocycles. The number of nitrogens with one attached hydrogen (secondary N) is 1. The predicted molar refractivity (Wildman–Crippen MR) is 80.3 cm³/mol. The molecular formula is C15H25N3O2. The first-order valence-corrected chi connectivity index (χ1v) is 7.16. The summed E-state index contributed by atoms with van der Waals surface area (Å²) >= 11 is 0. The summed E-state index contributed by atoms with van der Waals surface area (Å²) in [5.41, 5.74) is 1.16. The van der Waals surface area contributed by atoms with Gasteiger partial charge in [0.1, 0.15) is 0 Å². The van der Waals surface area contributed by atoms with Crippen molar-refractivity contribution in [3.05, 3.63) is 23.8 Å². The maximum absolute atomic E-state index is 9.59. The van der Waals surface area contributed by atoms with Gasteiger partial charge in [-0.05, 0) is 24.7 Å². The summed E-state index contributed by atoms with van der Waals surface area (Å²) in [4.78, 5) is 4.79. The first-order chi connectivity index (χ1) is 9.69. The third-order valence-electron chi connectivity index (χ3n) is 3.70. The molecule has 0 saturated carbocycles. The molecule has 1 aliphatic rings. The average molecular weight is 279 g/mol. The molecule has 0 amide bonds. The first-order valence-electron chi connectivity index (χ1n) is 7.16. The van der Waals surface area contributed by atoms with E-state index in [-0.39, 0.29) is 5.75 Å². The molecule has 112 valence electrons. The lowest BCUT2D eigenvalue weighted by Gasteiger charge is -2.29. The second kappa shape index (κ2) is 7.47. The number of hydrogen-bond donors (Lipinski definition) is 2. The minimum absolute atomic E-state index is 0.194. The summed E-state index contributed by atoms with van der Waals surface area (Å²) in [5, 5.41) is 13.0. The maximum atomic E-state index is 9.59. The van der Waals surface area contributed by atoms with E-state index in [2.05, 4.69) is 22.2 Å². The highest BCUT2D eigenvalue weighted by Gasteiger charge is 2.10. The Kier molecular flexibility index (Phi) is 5.64. The van der Waals surface area contributed by atoms with Crippen molar-refractivity contribution >= 4 is 0 Å². The smallest absolute Gasteiger partial charge is 0.160 e. The lowest BCUT2D eigenvalue weighted by molar-refractivity contribution is 0.202. The van der Waals surface area contributed by atoms with E-state index in [9.17, 15) is 5.11 Å². The van der Waals surface area contributed by atoms with Crippen molar-refractivity contribution in [3.63, 3.8) is 0 Å². The zero-order chi connectivity index (χ0) is 14.4. The van der Waals surface area contributed by atoms with Crippen molar-refractivity contribution in [2.75, 3.05) is 53.4 Å². The van der Waals surface area contributed by atoms with E-state index in [4.69, 9.17) is 4.74 Å². The van der Waals surface area contributed by atoms with E-state index >= 15 is 0 Å². The fourth-order valence-corrected chi connectivity index (χ4v) is 2.46. The van der Waals surface area contributed by atoms with Gasteiger partial charge in [0.2, 0.25) is 0 Å². The van der Waals surface area contributed by atoms with Crippen LogP contribution in [0.15, 0.2) is 18.2 Å². The van der Waals surface area contributed by atoms with Crippen molar-refractivity contribution < 1.29 is 9.84 Å². The molecule has 5 heteroatoms. The second-order valence-corrected chi connectivity index (χ2v) is 5.34. The van der Waals surface area contributed by atoms with E-state index < -0.39 is 0 Å². The molecule has 1 saturated heterocycles. The van der Waals surface area contributed by atoms with E-state index in [1.54, 1.807) is 13.2 Å². The normalized spacial score (nSPS) is 16.6. The predicted octanol–water partition coefficient (Wildman–Crippen LogP) is 0.738. The number of methoxy groups -OCH3 is 1. The molecule has 0 atom stereocenters. The minimum atomic E-state index is 0.194. The van der Waals surface area contributed by atoms with Gasteiger partial charge in [0.25, 0.3) is 0 Å². The van der Waals surface area contributed by atoms with Gasteiger partial charge < -0.3 is 20.1 Å². The van der Waals surface area contributed by atoms with Crippen LogP contribution < -0.4 is 10.1 Å². The molecule has 20 heavy (non-hydrogen) atoms. The lowest BCUT2D eigenvalue weighted by Crippen LogP contribution is -2.45. The number of aromatic hydroxyl groups is 1. The summed E-state index contributed by atoms with van der Waals surface area (Å²) in [6.07, 6.45) is 0. The Balaban J connectivity index is 1.79. The number of piperazine rings is 1. The zero-order valence-electron chi connectivity index (χ0n) is 12.4. The van der Waals surface area contributed by atoms with Gasteiger partial charge in [0.05, 0.1) is 7.11 Å². The number of hydrogen-bond acceptors (Lipinski definition) is 5. The van der Waals surface area contributed by atoms with Gasteiger partial charge in [-0.1, -0.05) is 6.07 Å². The molecule has 1 aromatic carbocycles. The largest absolute Gasteiger partial charge is 0.504 e. The highest BCUT2D eigenvalue weighted by molar-refractivity contribution is 5.41. The summed E-state index contributed by atoms with van der Waals surface area (Å²) in [6, 6.07) is 5.54. The van der Waals surface area contributed by atoms with E-state index in [1.165, 1.54) is 0 Å². The molecule has 2 rings (SSSR count). The Morgan fingerprint density at radius 2 is 2.10 bits per heavy atom. The van der Waals surface area contributed by atoms with Crippen LogP contribution in [-0.2, 0) is 6.54 Å². The van der Waals surface area contributed by atoms with Gasteiger partial charge >= 0.3 is 0 Å². The first kappa shape index (κ1) is 15.1. The van der Waals surface area contributed by atoms with Crippen LogP contribution in [0.25, 0.3) is 0 Å². The van der Waals surface area contributed by atoms with Crippen LogP contribution in [0, 0.1) is 0 Å². The summed E-state index contributed by atoms with van der Waals surface area (Å²) in [5.74, 6) is 0.734. The van der Waals surface area contributed by atoms with Crippen molar-refractivity contribution in [2.45, 2.75) is 6.54 Å². The van der Waals surface area contributed by atoms with Crippen LogP contribution in [-0.4, -0.2) is 68.3 Å². The Bertz CT molecular complexity index is 420. The molecule has 0 bridgehead atoms. The third kappa shape index (κ3) is 4.37. The molecule has 0 spiro atoms. The van der Waals surface area contributed by atoms with Crippen LogP contribution in [0.1, 0.15) is 5.56 Å². The monoisotopic (exact) mass is 279 g/mol. The summed E-state index contributed by atoms with van der Waals surface area (Å²) < 4.78 is 5.14. The number of likely N-dealkylation sites (N-methyl/N-ethyl adjacent to an activating group) is 1. The fourth-order valence-electron chi connectivity index (χ4n) is 2.46. The van der Waals surface area contributed by atoms with Gasteiger partial charge in [-0.15, -0.1) is 0 Å². The molecule has 0 radical (unpaired) electrons. The summed E-state index contributed by atoms with van der Waals surface area (Å²) in [7, 11) is 3.70. The number of nitrogens with zero attached hydrogens (tertiary/aromatic N) is 2. The lowest BCUT2D eigenvalue weighted by atomic mass is 10.2. The van der Waals surface area contributed by atoms with Gasteiger partial charge in [0, 0.05) is 45.8 Å². The van der Waals surface area contributed by atoms with Crippen LogP contribution in [0.4, 0.5) is 0 Å². The topological polar surface area (TPSA) is 48.0 Å². The SMILES string of the molecule is COc1cc(CN(C)CCN2CCNCC2)ccc1O. The average Bonchev–Trinajstić information content (AvgIpc) is 2.48. The highest BCUT2D eigenvalue weighted by Crippen LogP contribution is 2.26. The molecule has 0 aliphatic carbocycles. The molecule has 0 unspecified atom stereocenters. The van der Waals surface area contributed by atoms with Gasteiger partial charge in [-0.3, -0.25) is 4.90 Å². The van der Waals surface area contributed by atoms with Crippen LogP contribution in [0.2, 0.25) is 0 Å². The number of phenols is 1.